The van der Waals surface area contributed by atoms with E-state index >= 15 is 0 Å². The molecule has 11 nitrogen and oxygen atoms in total. The van der Waals surface area contributed by atoms with Gasteiger partial charge in [-0.15, -0.1) is 0 Å². The van der Waals surface area contributed by atoms with Gasteiger partial charge >= 0.3 is 0 Å². The molecule has 0 bridgehead atoms. The Kier molecular flexibility index (Phi) is 12.4. The first kappa shape index (κ1) is 27.5. The number of ether oxygens (including phenoxy) is 3. The zero-order valence-corrected chi connectivity index (χ0v) is 19.5. The van der Waals surface area contributed by atoms with E-state index in [-0.39, 0.29) is 43.7 Å². The lowest BCUT2D eigenvalue weighted by molar-refractivity contribution is -0.137. The number of carbonyl (C=O) groups excluding carboxylic acids is 4. The molecule has 1 atom stereocenters. The number of piperidine rings is 1. The number of benzene rings is 1. The third-order valence-corrected chi connectivity index (χ3v) is 5.24. The summed E-state index contributed by atoms with van der Waals surface area (Å²) in [5.41, 5.74) is 6.83. The Bertz CT molecular complexity index is 834. The molecule has 34 heavy (non-hydrogen) atoms. The summed E-state index contributed by atoms with van der Waals surface area (Å²) in [6.45, 7) is 3.12. The van der Waals surface area contributed by atoms with E-state index in [1.54, 1.807) is 30.1 Å². The first-order chi connectivity index (χ1) is 16.5. The monoisotopic (exact) mass is 478 g/mol. The SMILES string of the molecule is CN(Cc1c(C=O)cccc1NC(=O)CCOCCOCCOCCN)C1CCC(=O)NC1=O. The number of hydrogen-bond donors (Lipinski definition) is 3. The van der Waals surface area contributed by atoms with E-state index < -0.39 is 6.04 Å². The van der Waals surface area contributed by atoms with Gasteiger partial charge in [0, 0.05) is 36.3 Å². The fraction of sp³-hybridized carbons (Fsp3) is 0.565. The summed E-state index contributed by atoms with van der Waals surface area (Å²) in [4.78, 5) is 49.4. The van der Waals surface area contributed by atoms with Gasteiger partial charge in [0.05, 0.1) is 52.1 Å². The Hall–Kier alpha value is -2.70. The van der Waals surface area contributed by atoms with E-state index in [2.05, 4.69) is 10.6 Å². The van der Waals surface area contributed by atoms with Gasteiger partial charge in [0.2, 0.25) is 17.7 Å². The van der Waals surface area contributed by atoms with Crippen LogP contribution in [0.3, 0.4) is 0 Å². The molecule has 1 aromatic rings. The summed E-state index contributed by atoms with van der Waals surface area (Å²) < 4.78 is 16.0. The van der Waals surface area contributed by atoms with E-state index in [0.29, 0.717) is 69.1 Å². The molecule has 188 valence electrons. The first-order valence-electron chi connectivity index (χ1n) is 11.3. The van der Waals surface area contributed by atoms with Crippen LogP contribution in [0, 0.1) is 0 Å². The fourth-order valence-corrected chi connectivity index (χ4v) is 3.47. The van der Waals surface area contributed by atoms with Gasteiger partial charge in [-0.1, -0.05) is 12.1 Å². The number of aldehydes is 1. The highest BCUT2D eigenvalue weighted by Gasteiger charge is 2.30. The van der Waals surface area contributed by atoms with Gasteiger partial charge in [-0.25, -0.2) is 0 Å². The van der Waals surface area contributed by atoms with Crippen molar-refractivity contribution in [3.63, 3.8) is 0 Å². The molecule has 0 spiro atoms. The van der Waals surface area contributed by atoms with Crippen molar-refractivity contribution in [2.45, 2.75) is 31.8 Å². The number of nitrogens with zero attached hydrogens (tertiary/aromatic N) is 1. The van der Waals surface area contributed by atoms with Gasteiger partial charge in [0.25, 0.3) is 0 Å². The summed E-state index contributed by atoms with van der Waals surface area (Å²) >= 11 is 0. The summed E-state index contributed by atoms with van der Waals surface area (Å²) in [7, 11) is 1.74. The van der Waals surface area contributed by atoms with Crippen molar-refractivity contribution in [1.82, 2.24) is 10.2 Å². The summed E-state index contributed by atoms with van der Waals surface area (Å²) in [5, 5.41) is 5.16. The molecule has 11 heteroatoms. The number of nitrogens with two attached hydrogens (primary N) is 1. The lowest BCUT2D eigenvalue weighted by atomic mass is 10.0. The average molecular weight is 479 g/mol. The van der Waals surface area contributed by atoms with Crippen LogP contribution in [-0.4, -0.2) is 88.2 Å². The molecule has 1 aliphatic heterocycles. The molecule has 1 heterocycles. The van der Waals surface area contributed by atoms with Crippen LogP contribution in [0.25, 0.3) is 0 Å². The van der Waals surface area contributed by atoms with Crippen LogP contribution in [0.5, 0.6) is 0 Å². The van der Waals surface area contributed by atoms with Crippen LogP contribution < -0.4 is 16.4 Å². The normalized spacial score (nSPS) is 15.9. The topological polar surface area (TPSA) is 149 Å². The summed E-state index contributed by atoms with van der Waals surface area (Å²) in [5.74, 6) is -0.914. The quantitative estimate of drug-likeness (QED) is 0.170. The molecule has 0 saturated carbocycles. The summed E-state index contributed by atoms with van der Waals surface area (Å²) in [6, 6.07) is 4.55. The summed E-state index contributed by atoms with van der Waals surface area (Å²) in [6.07, 6.45) is 1.50. The molecule has 0 radical (unpaired) electrons. The Balaban J connectivity index is 1.81. The number of rotatable bonds is 16. The third-order valence-electron chi connectivity index (χ3n) is 5.24. The highest BCUT2D eigenvalue weighted by atomic mass is 16.5. The predicted octanol–water partition coefficient (Wildman–Crippen LogP) is 0.0732. The van der Waals surface area contributed by atoms with Crippen LogP contribution >= 0.6 is 0 Å². The van der Waals surface area contributed by atoms with Gasteiger partial charge in [-0.3, -0.25) is 29.4 Å². The molecule has 1 saturated heterocycles. The standard InChI is InChI=1S/C23H34N4O7/c1-27(20-5-6-21(29)26-23(20)31)15-18-17(16-28)3-2-4-19(18)25-22(30)7-9-32-11-13-34-14-12-33-10-8-24/h2-4,16,20H,5-15,24H2,1H3,(H,25,30)(H,26,29,31). The lowest BCUT2D eigenvalue weighted by Gasteiger charge is -2.30. The smallest absolute Gasteiger partial charge is 0.243 e. The lowest BCUT2D eigenvalue weighted by Crippen LogP contribution is -2.51. The minimum Gasteiger partial charge on any atom is -0.379 e. The van der Waals surface area contributed by atoms with Crippen molar-refractivity contribution in [2.75, 3.05) is 58.6 Å². The molecule has 0 aliphatic carbocycles. The van der Waals surface area contributed by atoms with E-state index in [1.807, 2.05) is 0 Å². The molecule has 2 rings (SSSR count). The van der Waals surface area contributed by atoms with Crippen LogP contribution in [0.15, 0.2) is 18.2 Å². The molecular formula is C23H34N4O7. The molecule has 1 aliphatic rings. The molecule has 4 N–H and O–H groups in total. The number of amides is 3. The van der Waals surface area contributed by atoms with Gasteiger partial charge in [-0.2, -0.15) is 0 Å². The average Bonchev–Trinajstić information content (AvgIpc) is 2.81. The molecule has 1 unspecified atom stereocenters. The highest BCUT2D eigenvalue weighted by Crippen LogP contribution is 2.23. The van der Waals surface area contributed by atoms with Crippen LogP contribution in [0.1, 0.15) is 35.2 Å². The highest BCUT2D eigenvalue weighted by molar-refractivity contribution is 6.00. The second-order valence-corrected chi connectivity index (χ2v) is 7.80. The number of imide groups is 1. The Morgan fingerprint density at radius 3 is 2.47 bits per heavy atom. The zero-order valence-electron chi connectivity index (χ0n) is 19.5. The molecule has 1 aromatic carbocycles. The van der Waals surface area contributed by atoms with Crippen LogP contribution in [0.2, 0.25) is 0 Å². The number of carbonyl (C=O) groups is 4. The van der Waals surface area contributed by atoms with Crippen molar-refractivity contribution in [3.8, 4) is 0 Å². The molecular weight excluding hydrogens is 444 g/mol. The Morgan fingerprint density at radius 1 is 1.15 bits per heavy atom. The van der Waals surface area contributed by atoms with E-state index in [9.17, 15) is 19.2 Å². The van der Waals surface area contributed by atoms with Gasteiger partial charge in [-0.05, 0) is 19.5 Å². The Labute approximate surface area is 199 Å². The number of likely N-dealkylation sites (N-methyl/N-ethyl adjacent to an activating group) is 1. The minimum absolute atomic E-state index is 0.132. The number of nitrogens with one attached hydrogen (secondary N) is 2. The first-order valence-corrected chi connectivity index (χ1v) is 11.3. The maximum atomic E-state index is 12.4. The van der Waals surface area contributed by atoms with E-state index in [1.165, 1.54) is 0 Å². The van der Waals surface area contributed by atoms with Gasteiger partial charge in [0.15, 0.2) is 0 Å². The van der Waals surface area contributed by atoms with Gasteiger partial charge in [0.1, 0.15) is 6.29 Å². The van der Waals surface area contributed by atoms with E-state index in [4.69, 9.17) is 19.9 Å². The molecule has 3 amide bonds. The Morgan fingerprint density at radius 2 is 1.82 bits per heavy atom. The van der Waals surface area contributed by atoms with Crippen molar-refractivity contribution in [1.29, 1.82) is 0 Å². The van der Waals surface area contributed by atoms with Crippen molar-refractivity contribution < 1.29 is 33.4 Å². The zero-order chi connectivity index (χ0) is 24.8. The molecule has 0 aromatic heterocycles. The van der Waals surface area contributed by atoms with Gasteiger partial charge < -0.3 is 25.3 Å². The fourth-order valence-electron chi connectivity index (χ4n) is 3.47. The molecule has 1 fully saturated rings. The predicted molar refractivity (Wildman–Crippen MR) is 124 cm³/mol. The third kappa shape index (κ3) is 9.27. The second-order valence-electron chi connectivity index (χ2n) is 7.80. The number of anilines is 1. The largest absolute Gasteiger partial charge is 0.379 e. The van der Waals surface area contributed by atoms with Crippen LogP contribution in [0.4, 0.5) is 5.69 Å². The van der Waals surface area contributed by atoms with Crippen molar-refractivity contribution in [2.24, 2.45) is 5.73 Å². The van der Waals surface area contributed by atoms with Crippen molar-refractivity contribution >= 4 is 29.7 Å². The van der Waals surface area contributed by atoms with E-state index in [0.717, 1.165) is 0 Å². The minimum atomic E-state index is -0.496. The maximum Gasteiger partial charge on any atom is 0.243 e. The maximum absolute atomic E-state index is 12.4. The van der Waals surface area contributed by atoms with Crippen LogP contribution in [-0.2, 0) is 35.1 Å². The van der Waals surface area contributed by atoms with Crippen molar-refractivity contribution in [3.05, 3.63) is 29.3 Å². The second kappa shape index (κ2) is 15.3. The number of hydrogen-bond acceptors (Lipinski definition) is 9.